The molecule has 0 spiro atoms. The molecule has 0 aliphatic carbocycles. The van der Waals surface area contributed by atoms with Crippen LogP contribution < -0.4 is 10.5 Å². The molecule has 2 nitrogen and oxygen atoms in total. The fourth-order valence-electron chi connectivity index (χ4n) is 1.91. The Morgan fingerprint density at radius 2 is 2.33 bits per heavy atom. The molecule has 15 heavy (non-hydrogen) atoms. The average Bonchev–Trinajstić information content (AvgIpc) is 2.28. The van der Waals surface area contributed by atoms with Crippen molar-refractivity contribution >= 4 is 0 Å². The topological polar surface area (TPSA) is 35.2 Å². The third-order valence-electron chi connectivity index (χ3n) is 2.88. The van der Waals surface area contributed by atoms with E-state index in [0.29, 0.717) is 17.9 Å². The number of ether oxygens (including phenoxy) is 1. The molecule has 0 saturated carbocycles. The molecule has 1 unspecified atom stereocenters. The van der Waals surface area contributed by atoms with E-state index in [1.54, 1.807) is 6.07 Å². The van der Waals surface area contributed by atoms with Gasteiger partial charge in [-0.3, -0.25) is 0 Å². The van der Waals surface area contributed by atoms with Crippen LogP contribution in [0, 0.1) is 0 Å². The molecular weight excluding hydrogens is 193 g/mol. The SMILES string of the molecule is CC(F)(CN)c1cccc2c1OCCC2. The van der Waals surface area contributed by atoms with Crippen molar-refractivity contribution in [2.75, 3.05) is 13.2 Å². The molecule has 1 atom stereocenters. The fraction of sp³-hybridized carbons (Fsp3) is 0.500. The lowest BCUT2D eigenvalue weighted by atomic mass is 9.92. The summed E-state index contributed by atoms with van der Waals surface area (Å²) < 4.78 is 19.7. The highest BCUT2D eigenvalue weighted by Gasteiger charge is 2.29. The molecule has 2 rings (SSSR count). The van der Waals surface area contributed by atoms with Gasteiger partial charge in [0.15, 0.2) is 0 Å². The van der Waals surface area contributed by atoms with Gasteiger partial charge in [0.05, 0.1) is 6.61 Å². The number of alkyl halides is 1. The minimum atomic E-state index is -1.50. The highest BCUT2D eigenvalue weighted by molar-refractivity contribution is 5.45. The summed E-state index contributed by atoms with van der Waals surface area (Å²) in [5, 5.41) is 0. The summed E-state index contributed by atoms with van der Waals surface area (Å²) in [4.78, 5) is 0. The fourth-order valence-corrected chi connectivity index (χ4v) is 1.91. The molecule has 0 bridgehead atoms. The number of hydrogen-bond acceptors (Lipinski definition) is 2. The third-order valence-corrected chi connectivity index (χ3v) is 2.88. The number of para-hydroxylation sites is 1. The maximum absolute atomic E-state index is 14.1. The Morgan fingerprint density at radius 1 is 1.53 bits per heavy atom. The number of nitrogens with two attached hydrogens (primary N) is 1. The van der Waals surface area contributed by atoms with E-state index in [1.165, 1.54) is 6.92 Å². The zero-order valence-electron chi connectivity index (χ0n) is 8.92. The number of aryl methyl sites for hydroxylation is 1. The maximum Gasteiger partial charge on any atom is 0.148 e. The largest absolute Gasteiger partial charge is 0.493 e. The second kappa shape index (κ2) is 3.81. The summed E-state index contributed by atoms with van der Waals surface area (Å²) in [6.45, 7) is 2.15. The van der Waals surface area contributed by atoms with Crippen LogP contribution in [0.4, 0.5) is 4.39 Å². The van der Waals surface area contributed by atoms with Crippen LogP contribution in [0.3, 0.4) is 0 Å². The molecule has 1 aliphatic rings. The molecule has 3 heteroatoms. The summed E-state index contributed by atoms with van der Waals surface area (Å²) in [7, 11) is 0. The van der Waals surface area contributed by atoms with Crippen molar-refractivity contribution in [2.45, 2.75) is 25.4 Å². The van der Waals surface area contributed by atoms with Crippen LogP contribution in [0.1, 0.15) is 24.5 Å². The van der Waals surface area contributed by atoms with Gasteiger partial charge >= 0.3 is 0 Å². The van der Waals surface area contributed by atoms with Crippen LogP contribution in [0.15, 0.2) is 18.2 Å². The first-order valence-electron chi connectivity index (χ1n) is 5.29. The van der Waals surface area contributed by atoms with Crippen LogP contribution in [0.25, 0.3) is 0 Å². The van der Waals surface area contributed by atoms with Gasteiger partial charge in [0, 0.05) is 12.1 Å². The number of rotatable bonds is 2. The van der Waals surface area contributed by atoms with Gasteiger partial charge in [-0.15, -0.1) is 0 Å². The van der Waals surface area contributed by atoms with E-state index >= 15 is 0 Å². The summed E-state index contributed by atoms with van der Waals surface area (Å²) in [5.41, 5.74) is 5.62. The van der Waals surface area contributed by atoms with Crippen LogP contribution >= 0.6 is 0 Å². The first-order valence-corrected chi connectivity index (χ1v) is 5.29. The Labute approximate surface area is 89.2 Å². The van der Waals surface area contributed by atoms with Crippen molar-refractivity contribution in [3.8, 4) is 5.75 Å². The quantitative estimate of drug-likeness (QED) is 0.810. The lowest BCUT2D eigenvalue weighted by Crippen LogP contribution is -2.28. The molecule has 0 aromatic heterocycles. The van der Waals surface area contributed by atoms with Crippen LogP contribution in [-0.2, 0) is 12.1 Å². The van der Waals surface area contributed by atoms with Gasteiger partial charge in [0.1, 0.15) is 11.4 Å². The standard InChI is InChI=1S/C12H16FNO/c1-12(13,8-14)10-6-2-4-9-5-3-7-15-11(9)10/h2,4,6H,3,5,7-8,14H2,1H3. The number of halogens is 1. The second-order valence-corrected chi connectivity index (χ2v) is 4.15. The molecular formula is C12H16FNO. The molecule has 2 N–H and O–H groups in total. The van der Waals surface area contributed by atoms with Crippen LogP contribution in [-0.4, -0.2) is 13.2 Å². The lowest BCUT2D eigenvalue weighted by molar-refractivity contribution is 0.188. The Bertz CT molecular complexity index is 363. The first kappa shape index (κ1) is 10.4. The highest BCUT2D eigenvalue weighted by atomic mass is 19.1. The van der Waals surface area contributed by atoms with Gasteiger partial charge in [0.2, 0.25) is 0 Å². The van der Waals surface area contributed by atoms with Gasteiger partial charge < -0.3 is 10.5 Å². The Balaban J connectivity index is 2.48. The summed E-state index contributed by atoms with van der Waals surface area (Å²) in [5.74, 6) is 0.708. The van der Waals surface area contributed by atoms with E-state index in [2.05, 4.69) is 0 Å². The predicted octanol–water partition coefficient (Wildman–Crippen LogP) is 2.16. The van der Waals surface area contributed by atoms with Crippen molar-refractivity contribution in [2.24, 2.45) is 5.73 Å². The molecule has 1 aromatic rings. The molecule has 1 heterocycles. The zero-order valence-corrected chi connectivity index (χ0v) is 8.92. The van der Waals surface area contributed by atoms with Gasteiger partial charge in [0.25, 0.3) is 0 Å². The Kier molecular flexibility index (Phi) is 2.65. The highest BCUT2D eigenvalue weighted by Crippen LogP contribution is 2.37. The van der Waals surface area contributed by atoms with E-state index in [1.807, 2.05) is 12.1 Å². The average molecular weight is 209 g/mol. The van der Waals surface area contributed by atoms with Crippen molar-refractivity contribution in [1.29, 1.82) is 0 Å². The molecule has 0 fully saturated rings. The maximum atomic E-state index is 14.1. The van der Waals surface area contributed by atoms with Gasteiger partial charge in [-0.2, -0.15) is 0 Å². The Morgan fingerprint density at radius 3 is 3.07 bits per heavy atom. The lowest BCUT2D eigenvalue weighted by Gasteiger charge is -2.26. The van der Waals surface area contributed by atoms with Crippen LogP contribution in [0.5, 0.6) is 5.75 Å². The van der Waals surface area contributed by atoms with E-state index in [0.717, 1.165) is 18.4 Å². The van der Waals surface area contributed by atoms with Gasteiger partial charge in [-0.05, 0) is 25.3 Å². The van der Waals surface area contributed by atoms with Crippen molar-refractivity contribution in [3.63, 3.8) is 0 Å². The normalized spacial score (nSPS) is 18.9. The van der Waals surface area contributed by atoms with Crippen molar-refractivity contribution < 1.29 is 9.13 Å². The summed E-state index contributed by atoms with van der Waals surface area (Å²) in [6, 6.07) is 5.62. The number of hydrogen-bond donors (Lipinski definition) is 1. The van der Waals surface area contributed by atoms with Gasteiger partial charge in [-0.1, -0.05) is 18.2 Å². The third kappa shape index (κ3) is 1.84. The molecule has 0 radical (unpaired) electrons. The van der Waals surface area contributed by atoms with Gasteiger partial charge in [-0.25, -0.2) is 4.39 Å². The summed E-state index contributed by atoms with van der Waals surface area (Å²) in [6.07, 6.45) is 1.96. The zero-order chi connectivity index (χ0) is 10.9. The second-order valence-electron chi connectivity index (χ2n) is 4.15. The summed E-state index contributed by atoms with van der Waals surface area (Å²) >= 11 is 0. The monoisotopic (exact) mass is 209 g/mol. The Hall–Kier alpha value is -1.09. The van der Waals surface area contributed by atoms with E-state index in [-0.39, 0.29) is 6.54 Å². The van der Waals surface area contributed by atoms with E-state index in [9.17, 15) is 4.39 Å². The molecule has 82 valence electrons. The van der Waals surface area contributed by atoms with E-state index < -0.39 is 5.67 Å². The minimum absolute atomic E-state index is 0.0210. The van der Waals surface area contributed by atoms with Crippen molar-refractivity contribution in [1.82, 2.24) is 0 Å². The first-order chi connectivity index (χ1) is 7.15. The molecule has 1 aliphatic heterocycles. The smallest absolute Gasteiger partial charge is 0.148 e. The predicted molar refractivity (Wildman–Crippen MR) is 57.8 cm³/mol. The van der Waals surface area contributed by atoms with Crippen LogP contribution in [0.2, 0.25) is 0 Å². The van der Waals surface area contributed by atoms with E-state index in [4.69, 9.17) is 10.5 Å². The van der Waals surface area contributed by atoms with Crippen molar-refractivity contribution in [3.05, 3.63) is 29.3 Å². The molecule has 0 amide bonds. The minimum Gasteiger partial charge on any atom is -0.493 e. The molecule has 0 saturated heterocycles. The number of benzene rings is 1. The number of fused-ring (bicyclic) bond motifs is 1. The molecule has 1 aromatic carbocycles.